The molecule has 9 nitrogen and oxygen atoms in total. The van der Waals surface area contributed by atoms with E-state index in [1.807, 2.05) is 11.6 Å². The molecule has 2 aromatic rings. The Morgan fingerprint density at radius 1 is 1.11 bits per heavy atom. The molecule has 0 saturated carbocycles. The van der Waals surface area contributed by atoms with Gasteiger partial charge in [0.2, 0.25) is 0 Å². The first-order valence-electron chi connectivity index (χ1n) is 9.13. The Balaban J connectivity index is 1.67. The maximum atomic E-state index is 12.8. The molecule has 2 aromatic heterocycles. The van der Waals surface area contributed by atoms with E-state index in [-0.39, 0.29) is 11.6 Å². The maximum Gasteiger partial charge on any atom is 0.331 e. The Bertz CT molecular complexity index is 962. The van der Waals surface area contributed by atoms with Gasteiger partial charge in [-0.05, 0) is 13.8 Å². The molecule has 0 N–H and O–H groups in total. The third-order valence-corrected chi connectivity index (χ3v) is 5.17. The summed E-state index contributed by atoms with van der Waals surface area (Å²) in [5.41, 5.74) is 1.41. The highest BCUT2D eigenvalue weighted by atomic mass is 16.2. The molecule has 1 aliphatic rings. The topological polar surface area (TPSA) is 85.4 Å². The van der Waals surface area contributed by atoms with Gasteiger partial charge in [0, 0.05) is 71.2 Å². The van der Waals surface area contributed by atoms with Gasteiger partial charge in [-0.1, -0.05) is 0 Å². The molecule has 146 valence electrons. The summed E-state index contributed by atoms with van der Waals surface area (Å²) in [6.07, 6.45) is 2.07. The first-order chi connectivity index (χ1) is 12.8. The molecule has 27 heavy (non-hydrogen) atoms. The van der Waals surface area contributed by atoms with Crippen molar-refractivity contribution in [3.63, 3.8) is 0 Å². The van der Waals surface area contributed by atoms with Crippen LogP contribution in [-0.4, -0.2) is 60.8 Å². The Morgan fingerprint density at radius 3 is 2.37 bits per heavy atom. The van der Waals surface area contributed by atoms with Crippen LogP contribution >= 0.6 is 0 Å². The SMILES string of the molecule is CCn1cc(CN2CCN(C(=O)c3cc(=O)n(C)c(=O)n3C)CC2)c(C)n1. The Kier molecular flexibility index (Phi) is 5.31. The molecule has 0 bridgehead atoms. The number of rotatable bonds is 4. The zero-order valence-electron chi connectivity index (χ0n) is 16.3. The fourth-order valence-corrected chi connectivity index (χ4v) is 3.33. The molecule has 1 amide bonds. The van der Waals surface area contributed by atoms with Crippen molar-refractivity contribution in [2.75, 3.05) is 26.2 Å². The van der Waals surface area contributed by atoms with Crippen molar-refractivity contribution in [3.8, 4) is 0 Å². The average Bonchev–Trinajstić information content (AvgIpc) is 3.02. The van der Waals surface area contributed by atoms with Crippen molar-refractivity contribution in [1.29, 1.82) is 0 Å². The van der Waals surface area contributed by atoms with Crippen molar-refractivity contribution in [3.05, 3.63) is 50.1 Å². The normalized spacial score (nSPS) is 15.3. The van der Waals surface area contributed by atoms with Crippen LogP contribution in [0.1, 0.15) is 28.7 Å². The second-order valence-corrected chi connectivity index (χ2v) is 6.93. The van der Waals surface area contributed by atoms with E-state index in [9.17, 15) is 14.4 Å². The third-order valence-electron chi connectivity index (χ3n) is 5.17. The molecular formula is C18H26N6O3. The van der Waals surface area contributed by atoms with Gasteiger partial charge >= 0.3 is 5.69 Å². The second kappa shape index (κ2) is 7.51. The highest BCUT2D eigenvalue weighted by molar-refractivity contribution is 5.92. The van der Waals surface area contributed by atoms with E-state index < -0.39 is 11.2 Å². The van der Waals surface area contributed by atoms with Crippen LogP contribution in [0.5, 0.6) is 0 Å². The third kappa shape index (κ3) is 3.73. The lowest BCUT2D eigenvalue weighted by atomic mass is 10.2. The summed E-state index contributed by atoms with van der Waals surface area (Å²) < 4.78 is 4.16. The summed E-state index contributed by atoms with van der Waals surface area (Å²) in [6.45, 7) is 8.31. The van der Waals surface area contributed by atoms with E-state index in [4.69, 9.17) is 0 Å². The van der Waals surface area contributed by atoms with E-state index in [0.29, 0.717) is 13.1 Å². The fraction of sp³-hybridized carbons (Fsp3) is 0.556. The molecule has 1 saturated heterocycles. The zero-order chi connectivity index (χ0) is 19.7. The van der Waals surface area contributed by atoms with Crippen LogP contribution in [0.4, 0.5) is 0 Å². The van der Waals surface area contributed by atoms with Crippen LogP contribution in [0.3, 0.4) is 0 Å². The van der Waals surface area contributed by atoms with E-state index in [0.717, 1.165) is 36.4 Å². The molecule has 1 aliphatic heterocycles. The summed E-state index contributed by atoms with van der Waals surface area (Å²) in [4.78, 5) is 40.7. The number of aryl methyl sites for hydroxylation is 2. The minimum Gasteiger partial charge on any atom is -0.335 e. The lowest BCUT2D eigenvalue weighted by Crippen LogP contribution is -2.50. The fourth-order valence-electron chi connectivity index (χ4n) is 3.33. The van der Waals surface area contributed by atoms with Gasteiger partial charge in [-0.2, -0.15) is 5.10 Å². The molecule has 0 aliphatic carbocycles. The van der Waals surface area contributed by atoms with Crippen molar-refractivity contribution in [2.45, 2.75) is 26.9 Å². The lowest BCUT2D eigenvalue weighted by Gasteiger charge is -2.34. The summed E-state index contributed by atoms with van der Waals surface area (Å²) in [5.74, 6) is -0.276. The zero-order valence-corrected chi connectivity index (χ0v) is 16.3. The Hall–Kier alpha value is -2.68. The summed E-state index contributed by atoms with van der Waals surface area (Å²) in [6, 6.07) is 1.23. The molecule has 0 radical (unpaired) electrons. The highest BCUT2D eigenvalue weighted by Gasteiger charge is 2.25. The monoisotopic (exact) mass is 374 g/mol. The molecular weight excluding hydrogens is 348 g/mol. The van der Waals surface area contributed by atoms with Crippen LogP contribution in [0, 0.1) is 6.92 Å². The quantitative estimate of drug-likeness (QED) is 0.725. The van der Waals surface area contributed by atoms with Crippen LogP contribution < -0.4 is 11.2 Å². The van der Waals surface area contributed by atoms with E-state index in [1.54, 1.807) is 4.90 Å². The molecule has 0 unspecified atom stereocenters. The van der Waals surface area contributed by atoms with E-state index in [2.05, 4.69) is 23.1 Å². The number of hydrogen-bond acceptors (Lipinski definition) is 5. The van der Waals surface area contributed by atoms with Gasteiger partial charge in [0.05, 0.1) is 5.69 Å². The van der Waals surface area contributed by atoms with Gasteiger partial charge in [-0.15, -0.1) is 0 Å². The number of piperazine rings is 1. The number of aromatic nitrogens is 4. The molecule has 0 atom stereocenters. The summed E-state index contributed by atoms with van der Waals surface area (Å²) in [5, 5.41) is 4.47. The van der Waals surface area contributed by atoms with Crippen LogP contribution in [0.2, 0.25) is 0 Å². The highest BCUT2D eigenvalue weighted by Crippen LogP contribution is 2.13. The minimum atomic E-state index is -0.493. The second-order valence-electron chi connectivity index (χ2n) is 6.93. The average molecular weight is 374 g/mol. The van der Waals surface area contributed by atoms with Crippen molar-refractivity contribution >= 4 is 5.91 Å². The number of carbonyl (C=O) groups excluding carboxylic acids is 1. The number of hydrogen-bond donors (Lipinski definition) is 0. The van der Waals surface area contributed by atoms with Crippen molar-refractivity contribution < 1.29 is 4.79 Å². The number of carbonyl (C=O) groups is 1. The smallest absolute Gasteiger partial charge is 0.331 e. The molecule has 0 spiro atoms. The first-order valence-corrected chi connectivity index (χ1v) is 9.13. The van der Waals surface area contributed by atoms with Crippen molar-refractivity contribution in [2.24, 2.45) is 14.1 Å². The van der Waals surface area contributed by atoms with Crippen LogP contribution in [-0.2, 0) is 27.2 Å². The van der Waals surface area contributed by atoms with Gasteiger partial charge in [-0.25, -0.2) is 4.79 Å². The maximum absolute atomic E-state index is 12.8. The predicted molar refractivity (Wildman–Crippen MR) is 101 cm³/mol. The van der Waals surface area contributed by atoms with Crippen LogP contribution in [0.15, 0.2) is 21.9 Å². The Labute approximate surface area is 157 Å². The summed E-state index contributed by atoms with van der Waals surface area (Å²) in [7, 11) is 2.92. The largest absolute Gasteiger partial charge is 0.335 e. The first kappa shape index (κ1) is 19.1. The minimum absolute atomic E-state index is 0.136. The summed E-state index contributed by atoms with van der Waals surface area (Å²) >= 11 is 0. The van der Waals surface area contributed by atoms with Gasteiger partial charge in [0.25, 0.3) is 11.5 Å². The molecule has 0 aromatic carbocycles. The molecule has 3 rings (SSSR count). The molecule has 1 fully saturated rings. The Morgan fingerprint density at radius 2 is 1.78 bits per heavy atom. The predicted octanol–water partition coefficient (Wildman–Crippen LogP) is -0.433. The van der Waals surface area contributed by atoms with Gasteiger partial charge in [0.1, 0.15) is 5.69 Å². The van der Waals surface area contributed by atoms with E-state index >= 15 is 0 Å². The van der Waals surface area contributed by atoms with E-state index in [1.165, 1.54) is 30.3 Å². The standard InChI is InChI=1S/C18H26N6O3/c1-5-24-12-14(13(2)19-24)11-22-6-8-23(9-7-22)17(26)15-10-16(25)21(4)18(27)20(15)3/h10,12H,5-9,11H2,1-4H3. The van der Waals surface area contributed by atoms with Crippen molar-refractivity contribution in [1.82, 2.24) is 28.7 Å². The van der Waals surface area contributed by atoms with Gasteiger partial charge < -0.3 is 4.90 Å². The molecule has 3 heterocycles. The molecule has 9 heteroatoms. The van der Waals surface area contributed by atoms with Gasteiger partial charge in [0.15, 0.2) is 0 Å². The number of amides is 1. The van der Waals surface area contributed by atoms with Crippen LogP contribution in [0.25, 0.3) is 0 Å². The van der Waals surface area contributed by atoms with Gasteiger partial charge in [-0.3, -0.25) is 28.3 Å². The number of nitrogens with zero attached hydrogens (tertiary/aromatic N) is 6. The lowest BCUT2D eigenvalue weighted by molar-refractivity contribution is 0.0616.